The van der Waals surface area contributed by atoms with Crippen molar-refractivity contribution in [2.75, 3.05) is 13.2 Å². The third kappa shape index (κ3) is 2.31. The highest BCUT2D eigenvalue weighted by molar-refractivity contribution is 5.86. The van der Waals surface area contributed by atoms with Crippen LogP contribution in [0.3, 0.4) is 0 Å². The first-order valence-corrected chi connectivity index (χ1v) is 3.94. The lowest BCUT2D eigenvalue weighted by atomic mass is 10.2. The molecule has 0 aromatic heterocycles. The second kappa shape index (κ2) is 4.08. The molecule has 0 aliphatic carbocycles. The van der Waals surface area contributed by atoms with Crippen LogP contribution in [-0.4, -0.2) is 29.0 Å². The number of nitrogens with zero attached hydrogens (tertiary/aromatic N) is 2. The molecule has 0 unspecified atom stereocenters. The van der Waals surface area contributed by atoms with Crippen LogP contribution in [0.4, 0.5) is 0 Å². The normalized spacial score (nSPS) is 16.6. The first-order valence-electron chi connectivity index (χ1n) is 3.94. The summed E-state index contributed by atoms with van der Waals surface area (Å²) >= 11 is 0. The van der Waals surface area contributed by atoms with E-state index in [1.807, 2.05) is 0 Å². The first kappa shape index (κ1) is 9.78. The second-order valence-corrected chi connectivity index (χ2v) is 2.78. The summed E-state index contributed by atoms with van der Waals surface area (Å²) in [6.07, 6.45) is 0. The molecular weight excluding hydrogens is 168 g/mol. The molecule has 0 atom stereocenters. The van der Waals surface area contributed by atoms with Crippen molar-refractivity contribution < 1.29 is 5.11 Å². The number of aliphatic imine (C=N–C) groups is 1. The van der Waals surface area contributed by atoms with E-state index in [-0.39, 0.29) is 6.61 Å². The van der Waals surface area contributed by atoms with E-state index in [9.17, 15) is 5.21 Å². The highest BCUT2D eigenvalue weighted by Crippen LogP contribution is 2.14. The van der Waals surface area contributed by atoms with Gasteiger partial charge in [0.25, 0.3) is 0 Å². The number of allylic oxidation sites excluding steroid dienone is 2. The summed E-state index contributed by atoms with van der Waals surface area (Å²) in [7, 11) is 0. The number of rotatable bonds is 0. The Bertz CT molecular complexity index is 320. The number of hydroxylamine groups is 2. The molecule has 1 aliphatic heterocycles. The van der Waals surface area contributed by atoms with Crippen LogP contribution in [-0.2, 0) is 0 Å². The molecule has 13 heavy (non-hydrogen) atoms. The first-order chi connectivity index (χ1) is 6.15. The van der Waals surface area contributed by atoms with Crippen molar-refractivity contribution in [3.63, 3.8) is 0 Å². The van der Waals surface area contributed by atoms with Crippen LogP contribution in [0, 0.1) is 17.0 Å². The Kier molecular flexibility index (Phi) is 3.07. The Morgan fingerprint density at radius 3 is 2.92 bits per heavy atom. The quantitative estimate of drug-likeness (QED) is 0.550. The largest absolute Gasteiger partial charge is 0.758 e. The maximum atomic E-state index is 11.2. The molecule has 0 amide bonds. The predicted octanol–water partition coefficient (Wildman–Crippen LogP) is 0.488. The van der Waals surface area contributed by atoms with Gasteiger partial charge in [-0.15, -0.1) is 0 Å². The van der Waals surface area contributed by atoms with Gasteiger partial charge in [-0.05, 0) is 19.8 Å². The number of aliphatic hydroxyl groups excluding tert-OH is 1. The van der Waals surface area contributed by atoms with Crippen molar-refractivity contribution in [3.8, 4) is 11.8 Å². The summed E-state index contributed by atoms with van der Waals surface area (Å²) in [6.45, 7) is 3.53. The molecule has 1 N–H and O–H groups in total. The Morgan fingerprint density at radius 1 is 1.62 bits per heavy atom. The molecule has 0 aromatic rings. The molecule has 1 rings (SSSR count). The molecule has 0 radical (unpaired) electrons. The molecule has 0 spiro atoms. The van der Waals surface area contributed by atoms with Gasteiger partial charge in [0, 0.05) is 18.0 Å². The van der Waals surface area contributed by atoms with Crippen molar-refractivity contribution >= 4 is 5.71 Å². The molecule has 4 heteroatoms. The van der Waals surface area contributed by atoms with E-state index in [0.29, 0.717) is 17.9 Å². The Balaban J connectivity index is 2.97. The maximum absolute atomic E-state index is 11.2. The van der Waals surface area contributed by atoms with Gasteiger partial charge in [-0.1, -0.05) is 5.92 Å². The monoisotopic (exact) mass is 179 g/mol. The third-order valence-electron chi connectivity index (χ3n) is 1.68. The van der Waals surface area contributed by atoms with E-state index >= 15 is 0 Å². The molecule has 0 bridgehead atoms. The molecule has 1 aliphatic rings. The summed E-state index contributed by atoms with van der Waals surface area (Å²) < 4.78 is 0. The minimum absolute atomic E-state index is 0.218. The van der Waals surface area contributed by atoms with E-state index < -0.39 is 0 Å². The van der Waals surface area contributed by atoms with Crippen molar-refractivity contribution in [3.05, 3.63) is 16.6 Å². The van der Waals surface area contributed by atoms with Gasteiger partial charge in [0.05, 0.1) is 0 Å². The fraction of sp³-hybridized carbons (Fsp3) is 0.444. The molecule has 1 heterocycles. The topological polar surface area (TPSA) is 58.9 Å². The fourth-order valence-corrected chi connectivity index (χ4v) is 0.993. The second-order valence-electron chi connectivity index (χ2n) is 2.78. The van der Waals surface area contributed by atoms with Crippen LogP contribution >= 0.6 is 0 Å². The standard InChI is InChI=1S/C9H11N2O2/c1-7-6-11(13)8(2)9(10-7)4-3-5-12/h12H,5-6H2,1-2H3/q-1. The van der Waals surface area contributed by atoms with Crippen molar-refractivity contribution in [1.29, 1.82) is 0 Å². The van der Waals surface area contributed by atoms with Crippen LogP contribution in [0.15, 0.2) is 16.4 Å². The van der Waals surface area contributed by atoms with Gasteiger partial charge in [-0.25, -0.2) is 4.99 Å². The Labute approximate surface area is 77.2 Å². The van der Waals surface area contributed by atoms with Crippen molar-refractivity contribution in [2.24, 2.45) is 4.99 Å². The van der Waals surface area contributed by atoms with Crippen LogP contribution in [0.1, 0.15) is 13.8 Å². The maximum Gasteiger partial charge on any atom is 0.131 e. The minimum Gasteiger partial charge on any atom is -0.758 e. The molecule has 4 nitrogen and oxygen atoms in total. The summed E-state index contributed by atoms with van der Waals surface area (Å²) in [5.41, 5.74) is 1.70. The lowest BCUT2D eigenvalue weighted by Gasteiger charge is -2.34. The van der Waals surface area contributed by atoms with E-state index in [1.54, 1.807) is 13.8 Å². The zero-order valence-corrected chi connectivity index (χ0v) is 7.66. The van der Waals surface area contributed by atoms with Crippen LogP contribution in [0.5, 0.6) is 0 Å². The van der Waals surface area contributed by atoms with Crippen LogP contribution in [0.25, 0.3) is 0 Å². The predicted molar refractivity (Wildman–Crippen MR) is 50.7 cm³/mol. The van der Waals surface area contributed by atoms with Gasteiger partial charge in [0.1, 0.15) is 12.3 Å². The van der Waals surface area contributed by atoms with E-state index in [1.165, 1.54) is 0 Å². The molecule has 0 aromatic carbocycles. The smallest absolute Gasteiger partial charge is 0.131 e. The minimum atomic E-state index is -0.218. The molecule has 70 valence electrons. The Morgan fingerprint density at radius 2 is 2.31 bits per heavy atom. The summed E-state index contributed by atoms with van der Waals surface area (Å²) in [5.74, 6) is 5.10. The van der Waals surface area contributed by atoms with Crippen molar-refractivity contribution in [2.45, 2.75) is 13.8 Å². The van der Waals surface area contributed by atoms with Gasteiger partial charge in [-0.3, -0.25) is 0 Å². The average molecular weight is 179 g/mol. The summed E-state index contributed by atoms with van der Waals surface area (Å²) in [4.78, 5) is 4.12. The number of aliphatic hydroxyl groups is 1. The molecule has 0 saturated heterocycles. The van der Waals surface area contributed by atoms with E-state index in [0.717, 1.165) is 10.8 Å². The zero-order valence-electron chi connectivity index (χ0n) is 7.66. The summed E-state index contributed by atoms with van der Waals surface area (Å²) in [6, 6.07) is 0. The van der Waals surface area contributed by atoms with Gasteiger partial charge < -0.3 is 15.4 Å². The fourth-order valence-electron chi connectivity index (χ4n) is 0.993. The molecule has 0 saturated carbocycles. The SMILES string of the molecule is CC1=NC(C#CCO)=C(C)N([O-])C1. The summed E-state index contributed by atoms with van der Waals surface area (Å²) in [5, 5.41) is 20.6. The number of hydrogen-bond acceptors (Lipinski definition) is 4. The lowest BCUT2D eigenvalue weighted by molar-refractivity contribution is 0.350. The molecule has 0 fully saturated rings. The van der Waals surface area contributed by atoms with E-state index in [2.05, 4.69) is 16.8 Å². The van der Waals surface area contributed by atoms with Crippen molar-refractivity contribution in [1.82, 2.24) is 5.06 Å². The highest BCUT2D eigenvalue weighted by Gasteiger charge is 2.08. The zero-order chi connectivity index (χ0) is 9.84. The molecular formula is C9H11N2O2-. The van der Waals surface area contributed by atoms with Gasteiger partial charge in [0.2, 0.25) is 0 Å². The van der Waals surface area contributed by atoms with E-state index in [4.69, 9.17) is 5.11 Å². The average Bonchev–Trinajstić information content (AvgIpc) is 2.09. The Hall–Kier alpha value is -1.31. The van der Waals surface area contributed by atoms with Gasteiger partial charge in [-0.2, -0.15) is 0 Å². The van der Waals surface area contributed by atoms with Gasteiger partial charge >= 0.3 is 0 Å². The highest BCUT2D eigenvalue weighted by atomic mass is 16.5. The van der Waals surface area contributed by atoms with Crippen LogP contribution in [0.2, 0.25) is 0 Å². The van der Waals surface area contributed by atoms with Gasteiger partial charge in [0.15, 0.2) is 0 Å². The third-order valence-corrected chi connectivity index (χ3v) is 1.68. The number of hydrogen-bond donors (Lipinski definition) is 1. The van der Waals surface area contributed by atoms with Crippen LogP contribution < -0.4 is 0 Å². The lowest BCUT2D eigenvalue weighted by Crippen LogP contribution is -2.25.